The Hall–Kier alpha value is -2.61. The zero-order chi connectivity index (χ0) is 18.3. The van der Waals surface area contributed by atoms with E-state index in [2.05, 4.69) is 10.6 Å². The second-order valence-corrected chi connectivity index (χ2v) is 5.76. The van der Waals surface area contributed by atoms with Crippen LogP contribution < -0.4 is 16.4 Å². The highest BCUT2D eigenvalue weighted by Crippen LogP contribution is 2.12. The van der Waals surface area contributed by atoms with Crippen LogP contribution in [0.3, 0.4) is 0 Å². The van der Waals surface area contributed by atoms with Gasteiger partial charge >= 0.3 is 5.97 Å². The van der Waals surface area contributed by atoms with Crippen LogP contribution in [0.5, 0.6) is 5.75 Å². The molecule has 0 aliphatic carbocycles. The fraction of sp³-hybridized carbons (Fsp3) is 0.438. The van der Waals surface area contributed by atoms with E-state index in [-0.39, 0.29) is 24.6 Å². The summed E-state index contributed by atoms with van der Waals surface area (Å²) in [6.07, 6.45) is 0.141. The van der Waals surface area contributed by atoms with Crippen molar-refractivity contribution in [2.45, 2.75) is 32.4 Å². The number of aromatic hydroxyl groups is 1. The topological polar surface area (TPSA) is 142 Å². The van der Waals surface area contributed by atoms with Crippen molar-refractivity contribution in [2.75, 3.05) is 6.54 Å². The standard InChI is InChI=1S/C16H23N3O5/c1-9(2)14(16(23)24)19-15(22)12(18-13(21)8-17)7-10-3-5-11(20)6-4-10/h3-6,9,12,14,20H,7-8,17H2,1-2H3,(H,18,21)(H,19,22)(H,23,24). The molecule has 0 saturated heterocycles. The van der Waals surface area contributed by atoms with Crippen LogP contribution in [0.2, 0.25) is 0 Å². The highest BCUT2D eigenvalue weighted by atomic mass is 16.4. The minimum absolute atomic E-state index is 0.0801. The average Bonchev–Trinajstić information content (AvgIpc) is 2.52. The molecule has 2 amide bonds. The predicted molar refractivity (Wildman–Crippen MR) is 87.2 cm³/mol. The summed E-state index contributed by atoms with van der Waals surface area (Å²) in [7, 11) is 0. The molecule has 0 spiro atoms. The van der Waals surface area contributed by atoms with Crippen molar-refractivity contribution in [3.05, 3.63) is 29.8 Å². The molecule has 1 aromatic carbocycles. The van der Waals surface area contributed by atoms with Gasteiger partial charge in [-0.15, -0.1) is 0 Å². The number of amides is 2. The largest absolute Gasteiger partial charge is 0.508 e. The van der Waals surface area contributed by atoms with Crippen LogP contribution in [0.15, 0.2) is 24.3 Å². The molecule has 0 bridgehead atoms. The van der Waals surface area contributed by atoms with Crippen LogP contribution in [0.4, 0.5) is 0 Å². The Balaban J connectivity index is 2.91. The molecule has 6 N–H and O–H groups in total. The second-order valence-electron chi connectivity index (χ2n) is 5.76. The smallest absolute Gasteiger partial charge is 0.326 e. The fourth-order valence-corrected chi connectivity index (χ4v) is 2.10. The third-order valence-corrected chi connectivity index (χ3v) is 3.44. The van der Waals surface area contributed by atoms with E-state index in [1.165, 1.54) is 12.1 Å². The number of aliphatic carboxylic acids is 1. The van der Waals surface area contributed by atoms with Crippen molar-refractivity contribution in [1.82, 2.24) is 10.6 Å². The summed E-state index contributed by atoms with van der Waals surface area (Å²) in [5.41, 5.74) is 5.96. The summed E-state index contributed by atoms with van der Waals surface area (Å²) in [5.74, 6) is -2.51. The number of carbonyl (C=O) groups is 3. The molecule has 8 heteroatoms. The van der Waals surface area contributed by atoms with Gasteiger partial charge in [-0.2, -0.15) is 0 Å². The zero-order valence-corrected chi connectivity index (χ0v) is 13.7. The Morgan fingerprint density at radius 1 is 1.12 bits per heavy atom. The first-order chi connectivity index (χ1) is 11.2. The molecule has 2 atom stereocenters. The number of nitrogens with two attached hydrogens (primary N) is 1. The molecule has 2 unspecified atom stereocenters. The van der Waals surface area contributed by atoms with E-state index in [1.807, 2.05) is 0 Å². The van der Waals surface area contributed by atoms with Crippen molar-refractivity contribution in [2.24, 2.45) is 11.7 Å². The lowest BCUT2D eigenvalue weighted by atomic mass is 10.0. The van der Waals surface area contributed by atoms with Gasteiger partial charge in [0.05, 0.1) is 6.54 Å². The Morgan fingerprint density at radius 3 is 2.17 bits per heavy atom. The lowest BCUT2D eigenvalue weighted by Crippen LogP contribution is -2.54. The lowest BCUT2D eigenvalue weighted by molar-refractivity contribution is -0.143. The number of rotatable bonds is 8. The van der Waals surface area contributed by atoms with Gasteiger partial charge in [-0.3, -0.25) is 9.59 Å². The van der Waals surface area contributed by atoms with Gasteiger partial charge in [-0.05, 0) is 23.6 Å². The molecule has 0 aliphatic rings. The van der Waals surface area contributed by atoms with Crippen molar-refractivity contribution < 1.29 is 24.6 Å². The predicted octanol–water partition coefficient (Wildman–Crippen LogP) is -0.396. The maximum Gasteiger partial charge on any atom is 0.326 e. The van der Waals surface area contributed by atoms with E-state index in [1.54, 1.807) is 26.0 Å². The summed E-state index contributed by atoms with van der Waals surface area (Å²) in [4.78, 5) is 35.2. The molecule has 0 aliphatic heterocycles. The van der Waals surface area contributed by atoms with Crippen molar-refractivity contribution in [3.63, 3.8) is 0 Å². The van der Waals surface area contributed by atoms with Gasteiger partial charge in [-0.1, -0.05) is 26.0 Å². The van der Waals surface area contributed by atoms with Gasteiger partial charge in [0.2, 0.25) is 11.8 Å². The van der Waals surface area contributed by atoms with E-state index in [0.717, 1.165) is 0 Å². The quantitative estimate of drug-likeness (QED) is 0.437. The number of carboxylic acid groups (broad SMARTS) is 1. The SMILES string of the molecule is CC(C)C(NC(=O)C(Cc1ccc(O)cc1)NC(=O)CN)C(=O)O. The molecular formula is C16H23N3O5. The van der Waals surface area contributed by atoms with Crippen LogP contribution in [0.1, 0.15) is 19.4 Å². The molecule has 0 saturated carbocycles. The highest BCUT2D eigenvalue weighted by Gasteiger charge is 2.28. The number of carbonyl (C=O) groups excluding carboxylic acids is 2. The summed E-state index contributed by atoms with van der Waals surface area (Å²) < 4.78 is 0. The van der Waals surface area contributed by atoms with E-state index < -0.39 is 29.9 Å². The van der Waals surface area contributed by atoms with E-state index in [4.69, 9.17) is 5.73 Å². The number of hydrogen-bond donors (Lipinski definition) is 5. The Bertz CT molecular complexity index is 586. The van der Waals surface area contributed by atoms with Gasteiger partial charge < -0.3 is 26.6 Å². The molecule has 0 aromatic heterocycles. The van der Waals surface area contributed by atoms with E-state index >= 15 is 0 Å². The summed E-state index contributed by atoms with van der Waals surface area (Å²) >= 11 is 0. The summed E-state index contributed by atoms with van der Waals surface area (Å²) in [5, 5.41) is 23.4. The van der Waals surface area contributed by atoms with Gasteiger partial charge in [0, 0.05) is 6.42 Å². The number of nitrogens with one attached hydrogen (secondary N) is 2. The van der Waals surface area contributed by atoms with Gasteiger partial charge in [0.1, 0.15) is 17.8 Å². The molecule has 8 nitrogen and oxygen atoms in total. The van der Waals surface area contributed by atoms with E-state index in [9.17, 15) is 24.6 Å². The maximum absolute atomic E-state index is 12.4. The first kappa shape index (κ1) is 19.4. The van der Waals surface area contributed by atoms with E-state index in [0.29, 0.717) is 5.56 Å². The fourth-order valence-electron chi connectivity index (χ4n) is 2.10. The normalized spacial score (nSPS) is 13.2. The highest BCUT2D eigenvalue weighted by molar-refractivity contribution is 5.91. The van der Waals surface area contributed by atoms with Crippen LogP contribution in [-0.2, 0) is 20.8 Å². The third kappa shape index (κ3) is 5.88. The molecular weight excluding hydrogens is 314 g/mol. The second kappa shape index (κ2) is 8.88. The Morgan fingerprint density at radius 2 is 1.71 bits per heavy atom. The van der Waals surface area contributed by atoms with Gasteiger partial charge in [-0.25, -0.2) is 4.79 Å². The van der Waals surface area contributed by atoms with Crippen LogP contribution >= 0.6 is 0 Å². The lowest BCUT2D eigenvalue weighted by Gasteiger charge is -2.23. The first-order valence-electron chi connectivity index (χ1n) is 7.55. The number of carboxylic acids is 1. The first-order valence-corrected chi connectivity index (χ1v) is 7.55. The molecule has 1 aromatic rings. The van der Waals surface area contributed by atoms with Crippen molar-refractivity contribution in [1.29, 1.82) is 0 Å². The van der Waals surface area contributed by atoms with Crippen molar-refractivity contribution >= 4 is 17.8 Å². The Kier molecular flexibility index (Phi) is 7.19. The summed E-state index contributed by atoms with van der Waals surface area (Å²) in [6, 6.07) is 4.12. The maximum atomic E-state index is 12.4. The third-order valence-electron chi connectivity index (χ3n) is 3.44. The van der Waals surface area contributed by atoms with Gasteiger partial charge in [0.25, 0.3) is 0 Å². The number of phenols is 1. The van der Waals surface area contributed by atoms with Crippen LogP contribution in [0.25, 0.3) is 0 Å². The Labute approximate surface area is 140 Å². The zero-order valence-electron chi connectivity index (χ0n) is 13.7. The minimum atomic E-state index is -1.15. The average molecular weight is 337 g/mol. The minimum Gasteiger partial charge on any atom is -0.508 e. The van der Waals surface area contributed by atoms with Gasteiger partial charge in [0.15, 0.2) is 0 Å². The monoisotopic (exact) mass is 337 g/mol. The molecule has 132 valence electrons. The molecule has 0 heterocycles. The molecule has 24 heavy (non-hydrogen) atoms. The molecule has 0 radical (unpaired) electrons. The van der Waals surface area contributed by atoms with Crippen LogP contribution in [-0.4, -0.2) is 46.6 Å². The number of benzene rings is 1. The summed E-state index contributed by atoms with van der Waals surface area (Å²) in [6.45, 7) is 3.06. The van der Waals surface area contributed by atoms with Crippen molar-refractivity contribution in [3.8, 4) is 5.75 Å². The molecule has 0 fully saturated rings. The molecule has 1 rings (SSSR count). The van der Waals surface area contributed by atoms with Crippen LogP contribution in [0, 0.1) is 5.92 Å². The number of hydrogen-bond acceptors (Lipinski definition) is 5. The number of phenolic OH excluding ortho intramolecular Hbond substituents is 1.